The monoisotopic (exact) mass is 159 g/mol. The number of anilines is 1. The highest BCUT2D eigenvalue weighted by Crippen LogP contribution is 2.01. The number of nitrogens with one attached hydrogen (secondary N) is 1. The van der Waals surface area contributed by atoms with Crippen molar-refractivity contribution >= 4 is 6.01 Å². The summed E-state index contributed by atoms with van der Waals surface area (Å²) in [6, 6.07) is 0.357. The summed E-state index contributed by atoms with van der Waals surface area (Å²) in [6.07, 6.45) is 0.460. The normalized spacial score (nSPS) is 10.0. The molecule has 1 rings (SSSR count). The van der Waals surface area contributed by atoms with Gasteiger partial charge in [0.05, 0.1) is 6.67 Å². The summed E-state index contributed by atoms with van der Waals surface area (Å²) < 4.78 is 16.3. The molecule has 1 aromatic heterocycles. The average molecular weight is 159 g/mol. The first-order valence-corrected chi connectivity index (χ1v) is 3.43. The zero-order valence-corrected chi connectivity index (χ0v) is 6.30. The maximum Gasteiger partial charge on any atom is 0.321 e. The highest BCUT2D eigenvalue weighted by atomic mass is 19.1. The van der Waals surface area contributed by atoms with E-state index in [0.717, 1.165) is 0 Å². The van der Waals surface area contributed by atoms with Crippen molar-refractivity contribution in [3.8, 4) is 0 Å². The zero-order chi connectivity index (χ0) is 8.10. The Hall–Kier alpha value is -1.13. The molecule has 0 aliphatic carbocycles. The lowest BCUT2D eigenvalue weighted by atomic mass is 10.5. The van der Waals surface area contributed by atoms with Crippen LogP contribution in [0.5, 0.6) is 0 Å². The largest absolute Gasteiger partial charge is 0.338 e. The molecule has 0 unspecified atom stereocenters. The topological polar surface area (TPSA) is 51.0 Å². The Labute approximate surface area is 63.8 Å². The molecule has 0 aromatic carbocycles. The molecule has 62 valence electrons. The Morgan fingerprint density at radius 1 is 1.64 bits per heavy atom. The second-order valence-corrected chi connectivity index (χ2v) is 2.12. The van der Waals surface area contributed by atoms with Crippen LogP contribution in [0.3, 0.4) is 0 Å². The molecule has 1 heterocycles. The first-order chi connectivity index (χ1) is 5.33. The van der Waals surface area contributed by atoms with E-state index in [0.29, 0.717) is 24.8 Å². The second kappa shape index (κ2) is 3.90. The zero-order valence-electron chi connectivity index (χ0n) is 6.30. The van der Waals surface area contributed by atoms with E-state index in [2.05, 4.69) is 15.5 Å². The van der Waals surface area contributed by atoms with Crippen LogP contribution in [0, 0.1) is 6.92 Å². The van der Waals surface area contributed by atoms with Crippen LogP contribution < -0.4 is 5.32 Å². The quantitative estimate of drug-likeness (QED) is 0.669. The van der Waals surface area contributed by atoms with E-state index in [1.54, 1.807) is 6.92 Å². The van der Waals surface area contributed by atoms with Crippen molar-refractivity contribution in [2.24, 2.45) is 0 Å². The highest BCUT2D eigenvalue weighted by Gasteiger charge is 1.98. The van der Waals surface area contributed by atoms with E-state index in [1.807, 2.05) is 0 Å². The fourth-order valence-corrected chi connectivity index (χ4v) is 0.631. The van der Waals surface area contributed by atoms with Gasteiger partial charge in [0, 0.05) is 6.54 Å². The van der Waals surface area contributed by atoms with Crippen LogP contribution in [0.4, 0.5) is 10.4 Å². The Bertz CT molecular complexity index is 213. The minimum absolute atomic E-state index is 0.333. The van der Waals surface area contributed by atoms with Gasteiger partial charge in [0.1, 0.15) is 0 Å². The molecule has 1 N–H and O–H groups in total. The van der Waals surface area contributed by atoms with Crippen LogP contribution in [-0.2, 0) is 0 Å². The summed E-state index contributed by atoms with van der Waals surface area (Å²) in [5.41, 5.74) is 0. The molecule has 5 heteroatoms. The third kappa shape index (κ3) is 2.53. The summed E-state index contributed by atoms with van der Waals surface area (Å²) in [5.74, 6) is 0.577. The van der Waals surface area contributed by atoms with Gasteiger partial charge < -0.3 is 9.84 Å². The minimum atomic E-state index is -0.333. The van der Waals surface area contributed by atoms with E-state index in [4.69, 9.17) is 4.52 Å². The van der Waals surface area contributed by atoms with Crippen molar-refractivity contribution in [1.82, 2.24) is 10.1 Å². The maximum atomic E-state index is 11.6. The van der Waals surface area contributed by atoms with Gasteiger partial charge in [0.15, 0.2) is 5.82 Å². The van der Waals surface area contributed by atoms with Gasteiger partial charge in [-0.15, -0.1) is 0 Å². The van der Waals surface area contributed by atoms with E-state index >= 15 is 0 Å². The summed E-state index contributed by atoms with van der Waals surface area (Å²) >= 11 is 0. The number of hydrogen-bond acceptors (Lipinski definition) is 4. The molecule has 1 aromatic rings. The number of hydrogen-bond donors (Lipinski definition) is 1. The Morgan fingerprint density at radius 3 is 3.00 bits per heavy atom. The first-order valence-electron chi connectivity index (χ1n) is 3.43. The number of nitrogens with zero attached hydrogens (tertiary/aromatic N) is 2. The van der Waals surface area contributed by atoms with Crippen molar-refractivity contribution in [3.05, 3.63) is 5.82 Å². The molecule has 11 heavy (non-hydrogen) atoms. The first kappa shape index (κ1) is 7.97. The molecule has 4 nitrogen and oxygen atoms in total. The van der Waals surface area contributed by atoms with Crippen LogP contribution >= 0.6 is 0 Å². The molecular weight excluding hydrogens is 149 g/mol. The predicted octanol–water partition coefficient (Wildman–Crippen LogP) is 1.15. The van der Waals surface area contributed by atoms with Crippen LogP contribution in [-0.4, -0.2) is 23.4 Å². The van der Waals surface area contributed by atoms with Gasteiger partial charge in [-0.05, 0) is 13.3 Å². The van der Waals surface area contributed by atoms with Crippen molar-refractivity contribution in [1.29, 1.82) is 0 Å². The van der Waals surface area contributed by atoms with Crippen LogP contribution in [0.1, 0.15) is 12.2 Å². The number of halogens is 1. The molecule has 0 aliphatic rings. The van der Waals surface area contributed by atoms with E-state index < -0.39 is 0 Å². The van der Waals surface area contributed by atoms with Gasteiger partial charge in [-0.2, -0.15) is 4.98 Å². The van der Waals surface area contributed by atoms with Crippen molar-refractivity contribution in [2.45, 2.75) is 13.3 Å². The summed E-state index contributed by atoms with van der Waals surface area (Å²) in [7, 11) is 0. The molecular formula is C6H10FN3O. The number of aromatic nitrogens is 2. The molecule has 0 atom stereocenters. The van der Waals surface area contributed by atoms with E-state index in [9.17, 15) is 4.39 Å². The minimum Gasteiger partial charge on any atom is -0.338 e. The van der Waals surface area contributed by atoms with Gasteiger partial charge in [0.2, 0.25) is 0 Å². The van der Waals surface area contributed by atoms with Crippen LogP contribution in [0.25, 0.3) is 0 Å². The molecule has 0 fully saturated rings. The lowest BCUT2D eigenvalue weighted by Gasteiger charge is -1.94. The summed E-state index contributed by atoms with van der Waals surface area (Å²) in [4.78, 5) is 3.87. The van der Waals surface area contributed by atoms with E-state index in [-0.39, 0.29) is 6.67 Å². The fourth-order valence-electron chi connectivity index (χ4n) is 0.631. The Morgan fingerprint density at radius 2 is 2.45 bits per heavy atom. The summed E-state index contributed by atoms with van der Waals surface area (Å²) in [6.45, 7) is 1.92. The third-order valence-electron chi connectivity index (χ3n) is 1.11. The SMILES string of the molecule is Cc1noc(NCCCF)n1. The maximum absolute atomic E-state index is 11.6. The number of rotatable bonds is 4. The van der Waals surface area contributed by atoms with E-state index in [1.165, 1.54) is 0 Å². The Balaban J connectivity index is 2.27. The van der Waals surface area contributed by atoms with Crippen LogP contribution in [0.15, 0.2) is 4.52 Å². The van der Waals surface area contributed by atoms with Gasteiger partial charge in [0.25, 0.3) is 0 Å². The standard InChI is InChI=1S/C6H10FN3O/c1-5-9-6(11-10-5)8-4-2-3-7/h2-4H2,1H3,(H,8,9,10). The smallest absolute Gasteiger partial charge is 0.321 e. The fraction of sp³-hybridized carbons (Fsp3) is 0.667. The number of alkyl halides is 1. The van der Waals surface area contributed by atoms with Crippen molar-refractivity contribution in [3.63, 3.8) is 0 Å². The van der Waals surface area contributed by atoms with Gasteiger partial charge >= 0.3 is 6.01 Å². The van der Waals surface area contributed by atoms with Gasteiger partial charge in [-0.1, -0.05) is 5.16 Å². The summed E-state index contributed by atoms with van der Waals surface area (Å²) in [5, 5.41) is 6.34. The molecule has 0 spiro atoms. The van der Waals surface area contributed by atoms with Gasteiger partial charge in [-0.3, -0.25) is 4.39 Å². The molecule has 0 bridgehead atoms. The van der Waals surface area contributed by atoms with Crippen molar-refractivity contribution < 1.29 is 8.91 Å². The molecule has 0 saturated heterocycles. The van der Waals surface area contributed by atoms with Crippen LogP contribution in [0.2, 0.25) is 0 Å². The molecule has 0 saturated carbocycles. The Kier molecular flexibility index (Phi) is 2.83. The second-order valence-electron chi connectivity index (χ2n) is 2.12. The molecule has 0 aliphatic heterocycles. The average Bonchev–Trinajstić information content (AvgIpc) is 2.37. The number of aryl methyl sites for hydroxylation is 1. The molecule has 0 amide bonds. The predicted molar refractivity (Wildman–Crippen MR) is 38.1 cm³/mol. The third-order valence-corrected chi connectivity index (χ3v) is 1.11. The lowest BCUT2D eigenvalue weighted by molar-refractivity contribution is 0.422. The highest BCUT2D eigenvalue weighted by molar-refractivity contribution is 5.17. The van der Waals surface area contributed by atoms with Gasteiger partial charge in [-0.25, -0.2) is 0 Å². The van der Waals surface area contributed by atoms with Crippen molar-refractivity contribution in [2.75, 3.05) is 18.5 Å². The lowest BCUT2D eigenvalue weighted by Crippen LogP contribution is -2.02. The molecule has 0 radical (unpaired) electrons.